The van der Waals surface area contributed by atoms with Crippen molar-refractivity contribution in [3.63, 3.8) is 0 Å². The van der Waals surface area contributed by atoms with Gasteiger partial charge in [0.2, 0.25) is 0 Å². The van der Waals surface area contributed by atoms with E-state index in [-0.39, 0.29) is 68.9 Å². The molecular formula is CH2CsFO3S. The van der Waals surface area contributed by atoms with Crippen LogP contribution in [0.1, 0.15) is 0 Å². The van der Waals surface area contributed by atoms with Crippen LogP contribution in [0.15, 0.2) is 0 Å². The molecule has 0 aliphatic carbocycles. The molecule has 0 aromatic heterocycles. The van der Waals surface area contributed by atoms with Crippen molar-refractivity contribution in [1.29, 1.82) is 0 Å². The third-order valence-electron chi connectivity index (χ3n) is 0.134. The molecule has 0 fully saturated rings. The van der Waals surface area contributed by atoms with Gasteiger partial charge in [0, 0.05) is 0 Å². The monoisotopic (exact) mass is 246 g/mol. The molecule has 3 nitrogen and oxygen atoms in total. The van der Waals surface area contributed by atoms with Crippen molar-refractivity contribution in [1.82, 2.24) is 0 Å². The van der Waals surface area contributed by atoms with Gasteiger partial charge in [0.15, 0.2) is 6.01 Å². The SMILES string of the molecule is O=S(=O)([O-])CF.[Cs+]. The largest absolute Gasteiger partial charge is 1.00 e. The summed E-state index contributed by atoms with van der Waals surface area (Å²) >= 11 is 0. The Kier molecular flexibility index (Phi) is 7.90. The van der Waals surface area contributed by atoms with Gasteiger partial charge in [-0.2, -0.15) is 0 Å². The van der Waals surface area contributed by atoms with E-state index in [9.17, 15) is 4.39 Å². The third-order valence-corrected chi connectivity index (χ3v) is 0.401. The van der Waals surface area contributed by atoms with Crippen molar-refractivity contribution < 1.29 is 86.3 Å². The Morgan fingerprint density at radius 3 is 1.71 bits per heavy atom. The van der Waals surface area contributed by atoms with E-state index in [2.05, 4.69) is 0 Å². The minimum absolute atomic E-state index is 0. The average molecular weight is 246 g/mol. The van der Waals surface area contributed by atoms with Crippen LogP contribution < -0.4 is 68.9 Å². The van der Waals surface area contributed by atoms with Gasteiger partial charge in [0.25, 0.3) is 0 Å². The molecule has 7 heavy (non-hydrogen) atoms. The molecule has 0 atom stereocenters. The molecule has 0 heterocycles. The molecule has 0 amide bonds. The summed E-state index contributed by atoms with van der Waals surface area (Å²) in [5.74, 6) is 0. The zero-order chi connectivity index (χ0) is 5.21. The Morgan fingerprint density at radius 2 is 1.71 bits per heavy atom. The van der Waals surface area contributed by atoms with Crippen LogP contribution in [0.4, 0.5) is 4.39 Å². The van der Waals surface area contributed by atoms with Crippen LogP contribution >= 0.6 is 0 Å². The van der Waals surface area contributed by atoms with Gasteiger partial charge < -0.3 is 4.55 Å². The molecule has 0 aromatic carbocycles. The molecule has 0 aromatic rings. The van der Waals surface area contributed by atoms with E-state index in [4.69, 9.17) is 13.0 Å². The molecule has 0 unspecified atom stereocenters. The molecule has 0 bridgehead atoms. The molecule has 6 heteroatoms. The standard InChI is InChI=1S/CH3FO3S.Cs/c2-1-6(3,4)5;/h1H2,(H,3,4,5);/q;+1/p-1. The smallest absolute Gasteiger partial charge is 0.746 e. The summed E-state index contributed by atoms with van der Waals surface area (Å²) in [6.45, 7) is 0. The third kappa shape index (κ3) is 11.4. The summed E-state index contributed by atoms with van der Waals surface area (Å²) in [7, 11) is -4.58. The van der Waals surface area contributed by atoms with Gasteiger partial charge in [-0.1, -0.05) is 0 Å². The Balaban J connectivity index is 0. The molecule has 0 N–H and O–H groups in total. The Morgan fingerprint density at radius 1 is 1.57 bits per heavy atom. The molecule has 0 radical (unpaired) electrons. The van der Waals surface area contributed by atoms with Crippen LogP contribution in [0, 0.1) is 0 Å². The summed E-state index contributed by atoms with van der Waals surface area (Å²) in [6, 6.07) is -1.81. The number of hydrogen-bond acceptors (Lipinski definition) is 3. The van der Waals surface area contributed by atoms with Crippen molar-refractivity contribution >= 4 is 10.1 Å². The average Bonchev–Trinajstić information content (AvgIpc) is 1.35. The Labute approximate surface area is 99.8 Å². The van der Waals surface area contributed by atoms with Gasteiger partial charge >= 0.3 is 68.9 Å². The zero-order valence-corrected chi connectivity index (χ0v) is 10.8. The van der Waals surface area contributed by atoms with Gasteiger partial charge in [-0.25, -0.2) is 12.8 Å². The van der Waals surface area contributed by atoms with Crippen molar-refractivity contribution in [2.45, 2.75) is 0 Å². The summed E-state index contributed by atoms with van der Waals surface area (Å²) in [6.07, 6.45) is 0. The Hall–Kier alpha value is 1.89. The van der Waals surface area contributed by atoms with E-state index in [1.807, 2.05) is 0 Å². The fourth-order valence-electron chi connectivity index (χ4n) is 0. The second-order valence-corrected chi connectivity index (χ2v) is 2.00. The van der Waals surface area contributed by atoms with Crippen molar-refractivity contribution in [2.75, 3.05) is 6.01 Å². The van der Waals surface area contributed by atoms with Crippen LogP contribution in [-0.2, 0) is 10.1 Å². The predicted octanol–water partition coefficient (Wildman–Crippen LogP) is -3.54. The minimum atomic E-state index is -4.58. The first kappa shape index (κ1) is 11.7. The van der Waals surface area contributed by atoms with E-state index >= 15 is 0 Å². The maximum absolute atomic E-state index is 10.6. The second kappa shape index (κ2) is 4.74. The van der Waals surface area contributed by atoms with Crippen LogP contribution in [-0.4, -0.2) is 19.0 Å². The molecule has 0 aliphatic heterocycles. The maximum Gasteiger partial charge on any atom is 1.00 e. The first-order valence-electron chi connectivity index (χ1n) is 1.06. The van der Waals surface area contributed by atoms with Crippen molar-refractivity contribution in [3.05, 3.63) is 0 Å². The van der Waals surface area contributed by atoms with Crippen LogP contribution in [0.3, 0.4) is 0 Å². The van der Waals surface area contributed by atoms with E-state index in [1.165, 1.54) is 0 Å². The van der Waals surface area contributed by atoms with Gasteiger partial charge in [0.1, 0.15) is 10.1 Å². The van der Waals surface area contributed by atoms with E-state index in [0.29, 0.717) is 0 Å². The van der Waals surface area contributed by atoms with E-state index in [0.717, 1.165) is 0 Å². The molecule has 0 spiro atoms. The van der Waals surface area contributed by atoms with Crippen LogP contribution in [0.5, 0.6) is 0 Å². The maximum atomic E-state index is 10.6. The van der Waals surface area contributed by atoms with E-state index < -0.39 is 16.1 Å². The zero-order valence-electron chi connectivity index (χ0n) is 3.72. The first-order valence-corrected chi connectivity index (χ1v) is 2.63. The van der Waals surface area contributed by atoms with Gasteiger partial charge in [0.05, 0.1) is 0 Å². The Bertz CT molecular complexity index is 117. The summed E-state index contributed by atoms with van der Waals surface area (Å²) in [4.78, 5) is 0. The van der Waals surface area contributed by atoms with Gasteiger partial charge in [-0.05, 0) is 0 Å². The number of rotatable bonds is 1. The molecule has 0 aliphatic rings. The van der Waals surface area contributed by atoms with Crippen molar-refractivity contribution in [2.24, 2.45) is 0 Å². The summed E-state index contributed by atoms with van der Waals surface area (Å²) in [5, 5.41) is 0. The number of alkyl halides is 1. The molecular weight excluding hydrogens is 244 g/mol. The van der Waals surface area contributed by atoms with Crippen LogP contribution in [0.25, 0.3) is 0 Å². The van der Waals surface area contributed by atoms with Gasteiger partial charge in [-0.15, -0.1) is 0 Å². The van der Waals surface area contributed by atoms with Gasteiger partial charge in [-0.3, -0.25) is 0 Å². The molecule has 0 saturated heterocycles. The fraction of sp³-hybridized carbons (Fsp3) is 1.00. The summed E-state index contributed by atoms with van der Waals surface area (Å²) < 4.78 is 37.8. The topological polar surface area (TPSA) is 57.2 Å². The predicted molar refractivity (Wildman–Crippen MR) is 15.7 cm³/mol. The molecule has 0 saturated carbocycles. The normalized spacial score (nSPS) is 10.0. The first-order chi connectivity index (χ1) is 2.56. The fourth-order valence-corrected chi connectivity index (χ4v) is 0. The summed E-state index contributed by atoms with van der Waals surface area (Å²) in [5.41, 5.74) is 0. The minimum Gasteiger partial charge on any atom is -0.746 e. The number of hydrogen-bond donors (Lipinski definition) is 0. The molecule has 0 rings (SSSR count). The quantitative estimate of drug-likeness (QED) is 0.450. The number of halogens is 1. The second-order valence-electron chi connectivity index (χ2n) is 0.667. The van der Waals surface area contributed by atoms with Crippen LogP contribution in [0.2, 0.25) is 0 Å². The van der Waals surface area contributed by atoms with Crippen molar-refractivity contribution in [3.8, 4) is 0 Å². The molecule has 38 valence electrons. The van der Waals surface area contributed by atoms with E-state index in [1.54, 1.807) is 0 Å².